The van der Waals surface area contributed by atoms with Gasteiger partial charge in [0.2, 0.25) is 0 Å². The topological polar surface area (TPSA) is 55.8 Å². The van der Waals surface area contributed by atoms with Crippen LogP contribution < -0.4 is 9.47 Å². The van der Waals surface area contributed by atoms with E-state index >= 15 is 0 Å². The Kier molecular flexibility index (Phi) is 4.82. The maximum absolute atomic E-state index is 10.9. The van der Waals surface area contributed by atoms with Gasteiger partial charge >= 0.3 is 5.97 Å². The summed E-state index contributed by atoms with van der Waals surface area (Å²) < 4.78 is 11.3. The molecular formula is C17H18O4. The van der Waals surface area contributed by atoms with Crippen molar-refractivity contribution in [1.29, 1.82) is 0 Å². The molecule has 0 aliphatic rings. The number of rotatable bonds is 6. The van der Waals surface area contributed by atoms with Crippen LogP contribution in [0.5, 0.6) is 17.2 Å². The lowest BCUT2D eigenvalue weighted by Crippen LogP contribution is -1.97. The number of carboxylic acids is 1. The van der Waals surface area contributed by atoms with E-state index in [1.54, 1.807) is 12.1 Å². The van der Waals surface area contributed by atoms with Crippen molar-refractivity contribution in [3.63, 3.8) is 0 Å². The first kappa shape index (κ1) is 14.9. The molecule has 1 N–H and O–H groups in total. The van der Waals surface area contributed by atoms with Gasteiger partial charge in [-0.15, -0.1) is 0 Å². The molecule has 0 spiro atoms. The van der Waals surface area contributed by atoms with Crippen molar-refractivity contribution in [2.45, 2.75) is 20.3 Å². The molecule has 0 saturated carbocycles. The first-order chi connectivity index (χ1) is 10.1. The van der Waals surface area contributed by atoms with Gasteiger partial charge in [0.05, 0.1) is 12.2 Å². The fourth-order valence-electron chi connectivity index (χ4n) is 1.85. The molecule has 0 aliphatic carbocycles. The Morgan fingerprint density at radius 3 is 2.33 bits per heavy atom. The van der Waals surface area contributed by atoms with Crippen LogP contribution in [-0.4, -0.2) is 17.7 Å². The van der Waals surface area contributed by atoms with E-state index in [2.05, 4.69) is 6.92 Å². The molecule has 21 heavy (non-hydrogen) atoms. The second-order valence-electron chi connectivity index (χ2n) is 4.71. The molecule has 0 aliphatic heterocycles. The van der Waals surface area contributed by atoms with Gasteiger partial charge in [-0.1, -0.05) is 6.92 Å². The van der Waals surface area contributed by atoms with Gasteiger partial charge in [0, 0.05) is 0 Å². The highest BCUT2D eigenvalue weighted by molar-refractivity contribution is 5.88. The average Bonchev–Trinajstić information content (AvgIpc) is 2.48. The normalized spacial score (nSPS) is 10.2. The highest BCUT2D eigenvalue weighted by Gasteiger charge is 2.07. The van der Waals surface area contributed by atoms with Crippen LogP contribution in [0.2, 0.25) is 0 Å². The molecule has 0 bridgehead atoms. The van der Waals surface area contributed by atoms with Crippen LogP contribution in [0.15, 0.2) is 42.5 Å². The molecule has 4 nitrogen and oxygen atoms in total. The first-order valence-electron chi connectivity index (χ1n) is 6.85. The maximum atomic E-state index is 10.9. The molecule has 4 heteroatoms. The van der Waals surface area contributed by atoms with E-state index in [1.165, 1.54) is 6.07 Å². The van der Waals surface area contributed by atoms with E-state index in [9.17, 15) is 4.79 Å². The van der Waals surface area contributed by atoms with Gasteiger partial charge in [-0.3, -0.25) is 0 Å². The zero-order chi connectivity index (χ0) is 15.2. The molecule has 0 atom stereocenters. The Bertz CT molecular complexity index is 617. The van der Waals surface area contributed by atoms with E-state index in [0.29, 0.717) is 18.1 Å². The molecule has 2 rings (SSSR count). The standard InChI is InChI=1S/C17H18O4/c1-3-10-20-14-5-7-15(8-6-14)21-16-9-4-13(17(18)19)11-12(16)2/h4-9,11H,3,10H2,1-2H3,(H,18,19). The van der Waals surface area contributed by atoms with Gasteiger partial charge in [0.25, 0.3) is 0 Å². The lowest BCUT2D eigenvalue weighted by molar-refractivity contribution is 0.0697. The highest BCUT2D eigenvalue weighted by atomic mass is 16.5. The Hall–Kier alpha value is -2.49. The fraction of sp³-hybridized carbons (Fsp3) is 0.235. The molecule has 0 fully saturated rings. The minimum absolute atomic E-state index is 0.253. The number of hydrogen-bond acceptors (Lipinski definition) is 3. The second-order valence-corrected chi connectivity index (χ2v) is 4.71. The third-order valence-electron chi connectivity index (χ3n) is 2.95. The quantitative estimate of drug-likeness (QED) is 0.861. The van der Waals surface area contributed by atoms with Crippen LogP contribution in [-0.2, 0) is 0 Å². The van der Waals surface area contributed by atoms with Gasteiger partial charge in [0.15, 0.2) is 0 Å². The van der Waals surface area contributed by atoms with Gasteiger partial charge < -0.3 is 14.6 Å². The minimum Gasteiger partial charge on any atom is -0.494 e. The van der Waals surface area contributed by atoms with E-state index in [0.717, 1.165) is 17.7 Å². The summed E-state index contributed by atoms with van der Waals surface area (Å²) in [5, 5.41) is 8.94. The van der Waals surface area contributed by atoms with Crippen LogP contribution >= 0.6 is 0 Å². The lowest BCUT2D eigenvalue weighted by atomic mass is 10.1. The summed E-state index contributed by atoms with van der Waals surface area (Å²) in [5.41, 5.74) is 1.03. The van der Waals surface area contributed by atoms with Crippen LogP contribution in [0.4, 0.5) is 0 Å². The van der Waals surface area contributed by atoms with Crippen molar-refractivity contribution in [1.82, 2.24) is 0 Å². The molecule has 0 amide bonds. The summed E-state index contributed by atoms with van der Waals surface area (Å²) in [5.74, 6) is 1.19. The van der Waals surface area contributed by atoms with Gasteiger partial charge in [-0.25, -0.2) is 4.79 Å². The van der Waals surface area contributed by atoms with Crippen molar-refractivity contribution in [3.05, 3.63) is 53.6 Å². The Morgan fingerprint density at radius 2 is 1.76 bits per heavy atom. The zero-order valence-corrected chi connectivity index (χ0v) is 12.1. The predicted octanol–water partition coefficient (Wildman–Crippen LogP) is 4.27. The minimum atomic E-state index is -0.943. The summed E-state index contributed by atoms with van der Waals surface area (Å²) in [6.45, 7) is 4.57. The van der Waals surface area contributed by atoms with Crippen molar-refractivity contribution >= 4 is 5.97 Å². The van der Waals surface area contributed by atoms with Crippen molar-refractivity contribution in [2.24, 2.45) is 0 Å². The van der Waals surface area contributed by atoms with Crippen LogP contribution in [0.3, 0.4) is 0 Å². The van der Waals surface area contributed by atoms with Crippen molar-refractivity contribution < 1.29 is 19.4 Å². The van der Waals surface area contributed by atoms with Gasteiger partial charge in [0.1, 0.15) is 17.2 Å². The Balaban J connectivity index is 2.09. The molecule has 0 unspecified atom stereocenters. The van der Waals surface area contributed by atoms with Crippen molar-refractivity contribution in [2.75, 3.05) is 6.61 Å². The van der Waals surface area contributed by atoms with Crippen LogP contribution in [0.1, 0.15) is 29.3 Å². The fourth-order valence-corrected chi connectivity index (χ4v) is 1.85. The molecule has 0 heterocycles. The van der Waals surface area contributed by atoms with E-state index in [4.69, 9.17) is 14.6 Å². The van der Waals surface area contributed by atoms with Crippen LogP contribution in [0, 0.1) is 6.92 Å². The average molecular weight is 286 g/mol. The second kappa shape index (κ2) is 6.79. The van der Waals surface area contributed by atoms with Crippen molar-refractivity contribution in [3.8, 4) is 17.2 Å². The molecule has 110 valence electrons. The maximum Gasteiger partial charge on any atom is 0.335 e. The highest BCUT2D eigenvalue weighted by Crippen LogP contribution is 2.27. The summed E-state index contributed by atoms with van der Waals surface area (Å²) in [6, 6.07) is 12.2. The summed E-state index contributed by atoms with van der Waals surface area (Å²) in [4.78, 5) is 10.9. The number of benzene rings is 2. The van der Waals surface area contributed by atoms with Gasteiger partial charge in [-0.2, -0.15) is 0 Å². The monoisotopic (exact) mass is 286 g/mol. The smallest absolute Gasteiger partial charge is 0.335 e. The molecule has 2 aromatic rings. The van der Waals surface area contributed by atoms with E-state index < -0.39 is 5.97 Å². The molecule has 0 saturated heterocycles. The Labute approximate surface area is 123 Å². The molecule has 2 aromatic carbocycles. The SMILES string of the molecule is CCCOc1ccc(Oc2ccc(C(=O)O)cc2C)cc1. The molecular weight excluding hydrogens is 268 g/mol. The number of hydrogen-bond donors (Lipinski definition) is 1. The third kappa shape index (κ3) is 3.99. The molecule has 0 radical (unpaired) electrons. The summed E-state index contributed by atoms with van der Waals surface area (Å²) in [7, 11) is 0. The summed E-state index contributed by atoms with van der Waals surface area (Å²) >= 11 is 0. The lowest BCUT2D eigenvalue weighted by Gasteiger charge is -2.10. The number of carboxylic acid groups (broad SMARTS) is 1. The summed E-state index contributed by atoms with van der Waals surface area (Å²) in [6.07, 6.45) is 0.966. The largest absolute Gasteiger partial charge is 0.494 e. The number of ether oxygens (including phenoxy) is 2. The van der Waals surface area contributed by atoms with Crippen LogP contribution in [0.25, 0.3) is 0 Å². The zero-order valence-electron chi connectivity index (χ0n) is 12.1. The van der Waals surface area contributed by atoms with Gasteiger partial charge in [-0.05, 0) is 61.4 Å². The number of aryl methyl sites for hydroxylation is 1. The van der Waals surface area contributed by atoms with E-state index in [1.807, 2.05) is 31.2 Å². The molecule has 0 aromatic heterocycles. The predicted molar refractivity (Wildman–Crippen MR) is 80.4 cm³/mol. The Morgan fingerprint density at radius 1 is 1.10 bits per heavy atom. The number of aromatic carboxylic acids is 1. The first-order valence-corrected chi connectivity index (χ1v) is 6.85. The van der Waals surface area contributed by atoms with E-state index in [-0.39, 0.29) is 5.56 Å². The number of carbonyl (C=O) groups is 1. The third-order valence-corrected chi connectivity index (χ3v) is 2.95.